The Balaban J connectivity index is 1.51. The van der Waals surface area contributed by atoms with Crippen molar-refractivity contribution in [2.24, 2.45) is 0 Å². The van der Waals surface area contributed by atoms with Crippen LogP contribution in [0.3, 0.4) is 0 Å². The third-order valence-electron chi connectivity index (χ3n) is 5.59. The molecule has 0 unspecified atom stereocenters. The van der Waals surface area contributed by atoms with Crippen molar-refractivity contribution in [3.63, 3.8) is 0 Å². The Kier molecular flexibility index (Phi) is 5.18. The fraction of sp³-hybridized carbons (Fsp3) is 0.160. The summed E-state index contributed by atoms with van der Waals surface area (Å²) in [5.74, 6) is 0.413. The van der Waals surface area contributed by atoms with Gasteiger partial charge in [-0.05, 0) is 43.2 Å². The van der Waals surface area contributed by atoms with E-state index in [1.165, 1.54) is 7.11 Å². The van der Waals surface area contributed by atoms with E-state index in [1.807, 2.05) is 35.2 Å². The molecule has 0 spiro atoms. The summed E-state index contributed by atoms with van der Waals surface area (Å²) in [4.78, 5) is 23.8. The van der Waals surface area contributed by atoms with Crippen LogP contribution in [0.25, 0.3) is 44.7 Å². The fourth-order valence-electron chi connectivity index (χ4n) is 3.88. The number of aromatic amines is 1. The minimum absolute atomic E-state index is 0.279. The third kappa shape index (κ3) is 3.76. The molecule has 33 heavy (non-hydrogen) atoms. The Morgan fingerprint density at radius 1 is 1.00 bits per heavy atom. The van der Waals surface area contributed by atoms with Crippen molar-refractivity contribution >= 4 is 17.0 Å². The van der Waals surface area contributed by atoms with Crippen LogP contribution < -0.4 is 0 Å². The predicted octanol–water partition coefficient (Wildman–Crippen LogP) is 4.92. The third-order valence-corrected chi connectivity index (χ3v) is 5.59. The van der Waals surface area contributed by atoms with E-state index in [0.717, 1.165) is 39.0 Å². The van der Waals surface area contributed by atoms with Crippen LogP contribution in [0, 0.1) is 0 Å². The molecule has 0 saturated heterocycles. The summed E-state index contributed by atoms with van der Waals surface area (Å²) in [6, 6.07) is 14.2. The molecule has 164 valence electrons. The number of rotatable bonds is 5. The zero-order valence-corrected chi connectivity index (χ0v) is 18.5. The van der Waals surface area contributed by atoms with Crippen molar-refractivity contribution in [2.45, 2.75) is 19.9 Å². The highest BCUT2D eigenvalue weighted by Crippen LogP contribution is 2.31. The van der Waals surface area contributed by atoms with Gasteiger partial charge in [-0.15, -0.1) is 10.2 Å². The Morgan fingerprint density at radius 3 is 2.52 bits per heavy atom. The number of nitrogens with one attached hydrogen (secondary N) is 1. The lowest BCUT2D eigenvalue weighted by Crippen LogP contribution is -2.01. The maximum absolute atomic E-state index is 11.9. The van der Waals surface area contributed by atoms with Crippen molar-refractivity contribution in [1.29, 1.82) is 0 Å². The minimum atomic E-state index is -0.431. The molecule has 0 amide bonds. The van der Waals surface area contributed by atoms with Gasteiger partial charge >= 0.3 is 5.97 Å². The number of H-pyrrole nitrogens is 1. The Labute approximate surface area is 190 Å². The second kappa shape index (κ2) is 8.31. The quantitative estimate of drug-likeness (QED) is 0.391. The Morgan fingerprint density at radius 2 is 1.76 bits per heavy atom. The molecular formula is C25H22N6O2. The fourth-order valence-corrected chi connectivity index (χ4v) is 3.88. The van der Waals surface area contributed by atoms with Gasteiger partial charge in [-0.1, -0.05) is 24.3 Å². The highest BCUT2D eigenvalue weighted by molar-refractivity contribution is 6.00. The molecule has 0 aliphatic carbocycles. The van der Waals surface area contributed by atoms with Gasteiger partial charge in [0.1, 0.15) is 17.7 Å². The predicted molar refractivity (Wildman–Crippen MR) is 126 cm³/mol. The first-order valence-corrected chi connectivity index (χ1v) is 10.6. The van der Waals surface area contributed by atoms with Crippen LogP contribution in [0.2, 0.25) is 0 Å². The zero-order chi connectivity index (χ0) is 22.9. The molecule has 0 fully saturated rings. The van der Waals surface area contributed by atoms with Crippen LogP contribution in [-0.4, -0.2) is 42.8 Å². The van der Waals surface area contributed by atoms with Crippen molar-refractivity contribution in [1.82, 2.24) is 29.7 Å². The molecule has 4 heterocycles. The average Bonchev–Trinajstić information content (AvgIpc) is 3.51. The van der Waals surface area contributed by atoms with E-state index in [4.69, 9.17) is 4.74 Å². The number of methoxy groups -OCH3 is 1. The second-order valence-electron chi connectivity index (χ2n) is 7.99. The average molecular weight is 438 g/mol. The minimum Gasteiger partial charge on any atom is -0.464 e. The number of benzene rings is 1. The number of fused-ring (bicyclic) bond motifs is 1. The van der Waals surface area contributed by atoms with Crippen LogP contribution in [0.4, 0.5) is 0 Å². The molecule has 5 rings (SSSR count). The van der Waals surface area contributed by atoms with Gasteiger partial charge in [-0.25, -0.2) is 9.78 Å². The number of esters is 1. The van der Waals surface area contributed by atoms with Crippen LogP contribution in [-0.2, 0) is 4.74 Å². The number of nitrogens with zero attached hydrogens (tertiary/aromatic N) is 5. The first-order chi connectivity index (χ1) is 16.0. The molecule has 0 aliphatic heterocycles. The topological polar surface area (TPSA) is 98.6 Å². The molecule has 0 bridgehead atoms. The molecule has 0 aliphatic rings. The van der Waals surface area contributed by atoms with Crippen molar-refractivity contribution < 1.29 is 9.53 Å². The number of carbonyl (C=O) groups excluding carboxylic acids is 1. The molecule has 8 nitrogen and oxygen atoms in total. The van der Waals surface area contributed by atoms with Crippen molar-refractivity contribution in [3.05, 3.63) is 73.1 Å². The summed E-state index contributed by atoms with van der Waals surface area (Å²) in [6.45, 7) is 4.21. The largest absolute Gasteiger partial charge is 0.464 e. The summed E-state index contributed by atoms with van der Waals surface area (Å²) in [5.41, 5.74) is 5.88. The van der Waals surface area contributed by atoms with E-state index in [9.17, 15) is 4.79 Å². The van der Waals surface area contributed by atoms with Gasteiger partial charge in [-0.3, -0.25) is 4.98 Å². The first kappa shape index (κ1) is 20.6. The summed E-state index contributed by atoms with van der Waals surface area (Å²) in [5, 5.41) is 9.16. The van der Waals surface area contributed by atoms with E-state index in [2.05, 4.69) is 57.2 Å². The standard InChI is InChI=1S/C25H22N6O2/c1-15(2)31-14-28-30-24(31)17-6-4-16(5-7-17)18-10-19(13-26-12-18)20-8-9-27-23-21(20)11-22(29-23)25(32)33-3/h4-15H,1-3H3,(H,27,29). The second-order valence-corrected chi connectivity index (χ2v) is 7.99. The number of hydrogen-bond donors (Lipinski definition) is 1. The van der Waals surface area contributed by atoms with E-state index in [1.54, 1.807) is 18.6 Å². The zero-order valence-electron chi connectivity index (χ0n) is 18.5. The van der Waals surface area contributed by atoms with Gasteiger partial charge < -0.3 is 14.3 Å². The van der Waals surface area contributed by atoms with Crippen molar-refractivity contribution in [3.8, 4) is 33.6 Å². The van der Waals surface area contributed by atoms with Gasteiger partial charge in [0, 0.05) is 46.7 Å². The van der Waals surface area contributed by atoms with E-state index in [-0.39, 0.29) is 6.04 Å². The summed E-state index contributed by atoms with van der Waals surface area (Å²) in [7, 11) is 1.35. The maximum Gasteiger partial charge on any atom is 0.354 e. The number of pyridine rings is 2. The molecular weight excluding hydrogens is 416 g/mol. The SMILES string of the molecule is COC(=O)c1cc2c(-c3cncc(-c4ccc(-c5nncn5C(C)C)cc4)c3)ccnc2[nH]1. The van der Waals surface area contributed by atoms with Crippen LogP contribution in [0.5, 0.6) is 0 Å². The highest BCUT2D eigenvalue weighted by atomic mass is 16.5. The van der Waals surface area contributed by atoms with Crippen LogP contribution >= 0.6 is 0 Å². The van der Waals surface area contributed by atoms with Crippen LogP contribution in [0.1, 0.15) is 30.4 Å². The lowest BCUT2D eigenvalue weighted by molar-refractivity contribution is 0.0595. The number of ether oxygens (including phenoxy) is 1. The molecule has 4 aromatic heterocycles. The number of hydrogen-bond acceptors (Lipinski definition) is 6. The van der Waals surface area contributed by atoms with Gasteiger partial charge in [-0.2, -0.15) is 0 Å². The highest BCUT2D eigenvalue weighted by Gasteiger charge is 2.15. The Bertz CT molecular complexity index is 1450. The first-order valence-electron chi connectivity index (χ1n) is 10.6. The molecule has 0 radical (unpaired) electrons. The molecule has 1 N–H and O–H groups in total. The van der Waals surface area contributed by atoms with Gasteiger partial charge in [0.05, 0.1) is 7.11 Å². The molecule has 5 aromatic rings. The number of carbonyl (C=O) groups is 1. The molecule has 0 atom stereocenters. The molecule has 8 heteroatoms. The normalized spacial score (nSPS) is 11.3. The summed E-state index contributed by atoms with van der Waals surface area (Å²) < 4.78 is 6.87. The lowest BCUT2D eigenvalue weighted by Gasteiger charge is -2.11. The maximum atomic E-state index is 11.9. The summed E-state index contributed by atoms with van der Waals surface area (Å²) >= 11 is 0. The molecule has 1 aromatic carbocycles. The van der Waals surface area contributed by atoms with Gasteiger partial charge in [0.15, 0.2) is 5.82 Å². The Hall–Kier alpha value is -4.33. The lowest BCUT2D eigenvalue weighted by atomic mass is 10.00. The van der Waals surface area contributed by atoms with Crippen molar-refractivity contribution in [2.75, 3.05) is 7.11 Å². The van der Waals surface area contributed by atoms with Crippen LogP contribution in [0.15, 0.2) is 67.4 Å². The van der Waals surface area contributed by atoms with E-state index < -0.39 is 5.97 Å². The van der Waals surface area contributed by atoms with E-state index >= 15 is 0 Å². The monoisotopic (exact) mass is 438 g/mol. The molecule has 0 saturated carbocycles. The summed E-state index contributed by atoms with van der Waals surface area (Å²) in [6.07, 6.45) is 7.11. The smallest absolute Gasteiger partial charge is 0.354 e. The number of aromatic nitrogens is 6. The van der Waals surface area contributed by atoms with E-state index in [0.29, 0.717) is 11.3 Å². The van der Waals surface area contributed by atoms with Gasteiger partial charge in [0.2, 0.25) is 0 Å². The van der Waals surface area contributed by atoms with Gasteiger partial charge in [0.25, 0.3) is 0 Å².